The molecular weight excluding hydrogens is 460 g/mol. The van der Waals surface area contributed by atoms with E-state index in [-0.39, 0.29) is 12.1 Å². The Kier molecular flexibility index (Phi) is 10.9. The lowest BCUT2D eigenvalue weighted by Gasteiger charge is -2.12. The lowest BCUT2D eigenvalue weighted by molar-refractivity contribution is -0.142. The van der Waals surface area contributed by atoms with Crippen LogP contribution in [0, 0.1) is 0 Å². The molecule has 1 aromatic heterocycles. The number of rotatable bonds is 12. The highest BCUT2D eigenvalue weighted by molar-refractivity contribution is 5.96. The summed E-state index contributed by atoms with van der Waals surface area (Å²) in [6, 6.07) is 2.46. The zero-order valence-electron chi connectivity index (χ0n) is 20.5. The summed E-state index contributed by atoms with van der Waals surface area (Å²) in [7, 11) is 0. The van der Waals surface area contributed by atoms with Crippen LogP contribution in [0.4, 0.5) is 0 Å². The second-order valence-corrected chi connectivity index (χ2v) is 8.16. The number of carbonyl (C=O) groups is 3. The molecule has 0 fully saturated rings. The number of amides is 2. The van der Waals surface area contributed by atoms with Crippen LogP contribution in [0.3, 0.4) is 0 Å². The molecule has 190 valence electrons. The smallest absolute Gasteiger partial charge is 0.326 e. The number of aromatic amines is 1. The summed E-state index contributed by atoms with van der Waals surface area (Å²) in [6.45, 7) is 5.51. The first-order chi connectivity index (χ1) is 17.2. The summed E-state index contributed by atoms with van der Waals surface area (Å²) in [6.07, 6.45) is 19.6. The van der Waals surface area contributed by atoms with Crippen molar-refractivity contribution >= 4 is 29.8 Å². The summed E-state index contributed by atoms with van der Waals surface area (Å²) in [4.78, 5) is 41.8. The first kappa shape index (κ1) is 27.8. The van der Waals surface area contributed by atoms with E-state index in [1.807, 2.05) is 68.6 Å². The Balaban J connectivity index is 1.85. The largest absolute Gasteiger partial charge is 0.480 e. The van der Waals surface area contributed by atoms with Gasteiger partial charge in [-0.15, -0.1) is 0 Å². The molecule has 0 saturated heterocycles. The number of nitrogens with zero attached hydrogens (tertiary/aromatic N) is 1. The number of hydrogen-bond donors (Lipinski definition) is 4. The van der Waals surface area contributed by atoms with Gasteiger partial charge in [0, 0.05) is 23.5 Å². The number of ether oxygens (including phenoxy) is 1. The highest BCUT2D eigenvalue weighted by atomic mass is 16.5. The summed E-state index contributed by atoms with van der Waals surface area (Å²) in [5.41, 5.74) is 7.32. The number of carboxylic acids is 1. The average molecular weight is 493 g/mol. The normalized spacial score (nSPS) is 19.8. The van der Waals surface area contributed by atoms with Crippen molar-refractivity contribution in [1.29, 1.82) is 0 Å². The third-order valence-corrected chi connectivity index (χ3v) is 5.04. The third kappa shape index (κ3) is 9.84. The molecule has 36 heavy (non-hydrogen) atoms. The number of hydrogen-bond acceptors (Lipinski definition) is 5. The average Bonchev–Trinajstić information content (AvgIpc) is 3.45. The highest BCUT2D eigenvalue weighted by Crippen LogP contribution is 2.17. The fourth-order valence-corrected chi connectivity index (χ4v) is 3.08. The molecule has 2 amide bonds. The minimum absolute atomic E-state index is 0.0519. The predicted octanol–water partition coefficient (Wildman–Crippen LogP) is 3.22. The summed E-state index contributed by atoms with van der Waals surface area (Å²) >= 11 is 0. The van der Waals surface area contributed by atoms with E-state index in [9.17, 15) is 14.4 Å². The minimum atomic E-state index is -1.36. The summed E-state index contributed by atoms with van der Waals surface area (Å²) in [5.74, 6) is -2.12. The van der Waals surface area contributed by atoms with Gasteiger partial charge in [-0.1, -0.05) is 54.2 Å². The van der Waals surface area contributed by atoms with Gasteiger partial charge in [0.05, 0.1) is 6.42 Å². The monoisotopic (exact) mass is 492 g/mol. The molecule has 5 N–H and O–H groups in total. The molecule has 0 aliphatic carbocycles. The standard InChI is InChI=1S/C27H32N4O5/c1-18(16-22-20(3)36-25(30-22)14-13-21-12-9-15-29-21)10-7-5-4-6-8-11-19(2)26(33)31-23(27(34)35)17-24(28)32/h4-16,20,22-23,29H,17H2,1-3H3,(H2,28,32)(H,31,33)(H,34,35)/b5-4+,8-6+,10-7+,14-13+,18-16+,19-11+/t20-,22-,23+/m1/s1. The lowest BCUT2D eigenvalue weighted by atomic mass is 10.1. The topological polar surface area (TPSA) is 147 Å². The maximum Gasteiger partial charge on any atom is 0.326 e. The van der Waals surface area contributed by atoms with Crippen LogP contribution in [0.15, 0.2) is 89.2 Å². The SMILES string of the molecule is CC(/C=C/C=C/C=C/C=C(\C)C(=O)N[C@@H](CC(N)=O)C(=O)O)=C\[C@H]1N=C(/C=C/c2ccc[nH]2)O[C@@H]1C. The number of aliphatic carboxylic acids is 1. The number of primary amides is 1. The van der Waals surface area contributed by atoms with Crippen LogP contribution < -0.4 is 11.1 Å². The van der Waals surface area contributed by atoms with Gasteiger partial charge in [-0.2, -0.15) is 0 Å². The Morgan fingerprint density at radius 1 is 1.19 bits per heavy atom. The number of aromatic nitrogens is 1. The number of H-pyrrole nitrogens is 1. The van der Waals surface area contributed by atoms with Gasteiger partial charge in [-0.3, -0.25) is 9.59 Å². The molecule has 0 bridgehead atoms. The van der Waals surface area contributed by atoms with Crippen LogP contribution in [0.1, 0.15) is 32.9 Å². The second-order valence-electron chi connectivity index (χ2n) is 8.16. The van der Waals surface area contributed by atoms with Crippen molar-refractivity contribution in [3.8, 4) is 0 Å². The Hall–Kier alpha value is -4.40. The van der Waals surface area contributed by atoms with E-state index in [1.165, 1.54) is 6.92 Å². The quantitative estimate of drug-likeness (QED) is 0.261. The first-order valence-electron chi connectivity index (χ1n) is 11.4. The Morgan fingerprint density at radius 2 is 1.92 bits per heavy atom. The number of nitrogens with one attached hydrogen (secondary N) is 2. The zero-order chi connectivity index (χ0) is 26.5. The molecule has 0 aromatic carbocycles. The fraction of sp³-hybridized carbons (Fsp3) is 0.259. The van der Waals surface area contributed by atoms with Gasteiger partial charge in [0.1, 0.15) is 18.2 Å². The third-order valence-electron chi connectivity index (χ3n) is 5.04. The zero-order valence-corrected chi connectivity index (χ0v) is 20.5. The molecule has 9 heteroatoms. The van der Waals surface area contributed by atoms with Crippen molar-refractivity contribution in [2.75, 3.05) is 0 Å². The van der Waals surface area contributed by atoms with Gasteiger partial charge in [0.15, 0.2) is 0 Å². The van der Waals surface area contributed by atoms with Crippen molar-refractivity contribution in [1.82, 2.24) is 10.3 Å². The molecule has 0 saturated carbocycles. The van der Waals surface area contributed by atoms with E-state index in [0.717, 1.165) is 11.3 Å². The van der Waals surface area contributed by atoms with Gasteiger partial charge in [0.2, 0.25) is 17.7 Å². The van der Waals surface area contributed by atoms with Crippen LogP contribution in [-0.2, 0) is 19.1 Å². The molecule has 2 rings (SSSR count). The molecule has 0 radical (unpaired) electrons. The van der Waals surface area contributed by atoms with E-state index in [4.69, 9.17) is 15.6 Å². The van der Waals surface area contributed by atoms with Crippen molar-refractivity contribution in [2.24, 2.45) is 10.7 Å². The van der Waals surface area contributed by atoms with E-state index in [0.29, 0.717) is 11.5 Å². The van der Waals surface area contributed by atoms with Gasteiger partial charge in [-0.25, -0.2) is 9.79 Å². The maximum absolute atomic E-state index is 12.1. The van der Waals surface area contributed by atoms with Gasteiger partial charge in [0.25, 0.3) is 0 Å². The summed E-state index contributed by atoms with van der Waals surface area (Å²) in [5, 5.41) is 11.3. The Morgan fingerprint density at radius 3 is 2.58 bits per heavy atom. The molecular formula is C27H32N4O5. The van der Waals surface area contributed by atoms with Crippen LogP contribution in [-0.4, -0.2) is 52.0 Å². The molecule has 3 atom stereocenters. The number of nitrogens with two attached hydrogens (primary N) is 1. The van der Waals surface area contributed by atoms with Crippen molar-refractivity contribution in [3.63, 3.8) is 0 Å². The minimum Gasteiger partial charge on any atom is -0.480 e. The highest BCUT2D eigenvalue weighted by Gasteiger charge is 2.24. The fourth-order valence-electron chi connectivity index (χ4n) is 3.08. The summed E-state index contributed by atoms with van der Waals surface area (Å²) < 4.78 is 5.80. The predicted molar refractivity (Wildman–Crippen MR) is 140 cm³/mol. The second kappa shape index (κ2) is 14.1. The molecule has 2 heterocycles. The Labute approximate surface area is 210 Å². The number of aliphatic imine (C=N–C) groups is 1. The van der Waals surface area contributed by atoms with Crippen LogP contribution in [0.2, 0.25) is 0 Å². The first-order valence-corrected chi connectivity index (χ1v) is 11.4. The van der Waals surface area contributed by atoms with Crippen LogP contribution >= 0.6 is 0 Å². The van der Waals surface area contributed by atoms with E-state index < -0.39 is 30.2 Å². The number of carboxylic acid groups (broad SMARTS) is 1. The van der Waals surface area contributed by atoms with E-state index >= 15 is 0 Å². The van der Waals surface area contributed by atoms with Crippen LogP contribution in [0.25, 0.3) is 6.08 Å². The van der Waals surface area contributed by atoms with E-state index in [2.05, 4.69) is 15.3 Å². The van der Waals surface area contributed by atoms with Gasteiger partial charge in [-0.05, 0) is 39.0 Å². The lowest BCUT2D eigenvalue weighted by Crippen LogP contribution is -2.43. The molecule has 1 aliphatic rings. The molecule has 0 unspecified atom stereocenters. The van der Waals surface area contributed by atoms with Crippen molar-refractivity contribution < 1.29 is 24.2 Å². The maximum atomic E-state index is 12.1. The molecule has 9 nitrogen and oxygen atoms in total. The van der Waals surface area contributed by atoms with Gasteiger partial charge >= 0.3 is 5.97 Å². The Bertz CT molecular complexity index is 1140. The number of allylic oxidation sites excluding steroid dienone is 8. The molecule has 0 spiro atoms. The van der Waals surface area contributed by atoms with E-state index in [1.54, 1.807) is 24.3 Å². The molecule has 1 aliphatic heterocycles. The molecule has 1 aromatic rings. The van der Waals surface area contributed by atoms with Crippen molar-refractivity contribution in [3.05, 3.63) is 89.9 Å². The number of carbonyl (C=O) groups excluding carboxylic acids is 2. The van der Waals surface area contributed by atoms with Gasteiger partial charge < -0.3 is 25.9 Å². The van der Waals surface area contributed by atoms with Crippen LogP contribution in [0.5, 0.6) is 0 Å². The van der Waals surface area contributed by atoms with Crippen molar-refractivity contribution in [2.45, 2.75) is 45.4 Å².